The van der Waals surface area contributed by atoms with Crippen LogP contribution in [0.4, 0.5) is 0 Å². The first kappa shape index (κ1) is 14.1. The van der Waals surface area contributed by atoms with Crippen molar-refractivity contribution in [3.63, 3.8) is 0 Å². The van der Waals surface area contributed by atoms with Crippen molar-refractivity contribution < 1.29 is 0 Å². The maximum absolute atomic E-state index is 4.71. The molecule has 2 aromatic heterocycles. The van der Waals surface area contributed by atoms with E-state index in [0.717, 1.165) is 35.5 Å². The highest BCUT2D eigenvalue weighted by Crippen LogP contribution is 2.22. The maximum atomic E-state index is 4.71. The standard InChI is InChI=1S/C17H22N4/c1-13-9-14(2)11-21(10-13)12-16-5-8-19-17(20-16)15-3-6-18-7-4-15/h3-8,13-14H,9-12H2,1-2H3/t13-,14-/m1/s1. The Morgan fingerprint density at radius 3 is 2.48 bits per heavy atom. The van der Waals surface area contributed by atoms with Gasteiger partial charge in [0.1, 0.15) is 0 Å². The van der Waals surface area contributed by atoms with E-state index in [1.54, 1.807) is 12.4 Å². The van der Waals surface area contributed by atoms with Crippen molar-refractivity contribution in [2.24, 2.45) is 11.8 Å². The Balaban J connectivity index is 1.74. The van der Waals surface area contributed by atoms with E-state index in [0.29, 0.717) is 0 Å². The molecule has 1 aliphatic heterocycles. The van der Waals surface area contributed by atoms with Crippen LogP contribution in [0.15, 0.2) is 36.8 Å². The molecular formula is C17H22N4. The molecule has 0 unspecified atom stereocenters. The molecule has 21 heavy (non-hydrogen) atoms. The number of likely N-dealkylation sites (tertiary alicyclic amines) is 1. The molecule has 1 saturated heterocycles. The molecule has 0 amide bonds. The summed E-state index contributed by atoms with van der Waals surface area (Å²) in [5, 5.41) is 0. The first-order valence-corrected chi connectivity index (χ1v) is 7.65. The third-order valence-corrected chi connectivity index (χ3v) is 3.98. The third-order valence-electron chi connectivity index (χ3n) is 3.98. The molecule has 0 spiro atoms. The van der Waals surface area contributed by atoms with Crippen LogP contribution >= 0.6 is 0 Å². The van der Waals surface area contributed by atoms with Crippen molar-refractivity contribution in [3.05, 3.63) is 42.5 Å². The van der Waals surface area contributed by atoms with Crippen molar-refractivity contribution in [3.8, 4) is 11.4 Å². The third kappa shape index (κ3) is 3.64. The monoisotopic (exact) mass is 282 g/mol. The van der Waals surface area contributed by atoms with Crippen molar-refractivity contribution in [1.29, 1.82) is 0 Å². The van der Waals surface area contributed by atoms with Gasteiger partial charge >= 0.3 is 0 Å². The zero-order chi connectivity index (χ0) is 14.7. The molecule has 0 bridgehead atoms. The number of hydrogen-bond donors (Lipinski definition) is 0. The van der Waals surface area contributed by atoms with Crippen LogP contribution in [0.3, 0.4) is 0 Å². The molecule has 1 fully saturated rings. The Morgan fingerprint density at radius 2 is 1.76 bits per heavy atom. The molecule has 2 atom stereocenters. The highest BCUT2D eigenvalue weighted by Gasteiger charge is 2.22. The van der Waals surface area contributed by atoms with E-state index in [9.17, 15) is 0 Å². The normalized spacial score (nSPS) is 23.1. The second-order valence-electron chi connectivity index (χ2n) is 6.25. The molecule has 2 aromatic rings. The molecule has 4 nitrogen and oxygen atoms in total. The van der Waals surface area contributed by atoms with E-state index in [1.807, 2.05) is 24.4 Å². The van der Waals surface area contributed by atoms with Crippen LogP contribution in [0.1, 0.15) is 26.0 Å². The predicted octanol–water partition coefficient (Wildman–Crippen LogP) is 3.02. The highest BCUT2D eigenvalue weighted by molar-refractivity contribution is 5.53. The van der Waals surface area contributed by atoms with Gasteiger partial charge in [-0.3, -0.25) is 9.88 Å². The van der Waals surface area contributed by atoms with Crippen LogP contribution in [0.5, 0.6) is 0 Å². The molecule has 0 radical (unpaired) electrons. The average Bonchev–Trinajstić information content (AvgIpc) is 2.47. The summed E-state index contributed by atoms with van der Waals surface area (Å²) in [6.07, 6.45) is 6.75. The van der Waals surface area contributed by atoms with E-state index in [4.69, 9.17) is 4.98 Å². The van der Waals surface area contributed by atoms with Gasteiger partial charge in [0.15, 0.2) is 5.82 Å². The summed E-state index contributed by atoms with van der Waals surface area (Å²) in [4.78, 5) is 15.6. The number of nitrogens with zero attached hydrogens (tertiary/aromatic N) is 4. The largest absolute Gasteiger partial charge is 0.297 e. The smallest absolute Gasteiger partial charge is 0.159 e. The minimum absolute atomic E-state index is 0.773. The molecule has 0 N–H and O–H groups in total. The lowest BCUT2D eigenvalue weighted by atomic mass is 9.92. The zero-order valence-corrected chi connectivity index (χ0v) is 12.7. The summed E-state index contributed by atoms with van der Waals surface area (Å²) in [6.45, 7) is 7.92. The Kier molecular flexibility index (Phi) is 4.25. The minimum atomic E-state index is 0.773. The Morgan fingerprint density at radius 1 is 1.05 bits per heavy atom. The second-order valence-corrected chi connectivity index (χ2v) is 6.25. The fourth-order valence-corrected chi connectivity index (χ4v) is 3.27. The molecule has 0 saturated carbocycles. The van der Waals surface area contributed by atoms with Gasteiger partial charge in [0.25, 0.3) is 0 Å². The van der Waals surface area contributed by atoms with E-state index >= 15 is 0 Å². The van der Waals surface area contributed by atoms with Gasteiger partial charge in [0.05, 0.1) is 5.69 Å². The van der Waals surface area contributed by atoms with Gasteiger partial charge < -0.3 is 0 Å². The summed E-state index contributed by atoms with van der Waals surface area (Å²) in [5.74, 6) is 2.33. The van der Waals surface area contributed by atoms with E-state index in [-0.39, 0.29) is 0 Å². The average molecular weight is 282 g/mol. The number of hydrogen-bond acceptors (Lipinski definition) is 4. The van der Waals surface area contributed by atoms with Crippen molar-refractivity contribution in [1.82, 2.24) is 19.9 Å². The van der Waals surface area contributed by atoms with Gasteiger partial charge in [-0.25, -0.2) is 9.97 Å². The lowest BCUT2D eigenvalue weighted by molar-refractivity contribution is 0.133. The Hall–Kier alpha value is -1.81. The molecule has 0 aromatic carbocycles. The number of rotatable bonds is 3. The van der Waals surface area contributed by atoms with Crippen LogP contribution in [-0.4, -0.2) is 32.9 Å². The molecule has 4 heteroatoms. The van der Waals surface area contributed by atoms with Crippen LogP contribution < -0.4 is 0 Å². The molecule has 110 valence electrons. The zero-order valence-electron chi connectivity index (χ0n) is 12.7. The Bertz CT molecular complexity index is 574. The molecule has 3 heterocycles. The van der Waals surface area contributed by atoms with Gasteiger partial charge in [-0.05, 0) is 36.5 Å². The summed E-state index contributed by atoms with van der Waals surface area (Å²) >= 11 is 0. The summed E-state index contributed by atoms with van der Waals surface area (Å²) in [7, 11) is 0. The highest BCUT2D eigenvalue weighted by atomic mass is 15.1. The maximum Gasteiger partial charge on any atom is 0.159 e. The minimum Gasteiger partial charge on any atom is -0.297 e. The second kappa shape index (κ2) is 6.31. The predicted molar refractivity (Wildman–Crippen MR) is 83.5 cm³/mol. The van der Waals surface area contributed by atoms with Crippen LogP contribution in [0.25, 0.3) is 11.4 Å². The van der Waals surface area contributed by atoms with Crippen molar-refractivity contribution in [2.75, 3.05) is 13.1 Å². The molecule has 0 aliphatic carbocycles. The summed E-state index contributed by atoms with van der Waals surface area (Å²) in [6, 6.07) is 5.92. The van der Waals surface area contributed by atoms with Crippen molar-refractivity contribution in [2.45, 2.75) is 26.8 Å². The van der Waals surface area contributed by atoms with Gasteiger partial charge in [-0.1, -0.05) is 13.8 Å². The molecule has 3 rings (SSSR count). The van der Waals surface area contributed by atoms with E-state index in [1.165, 1.54) is 19.5 Å². The number of pyridine rings is 1. The fraction of sp³-hybridized carbons (Fsp3) is 0.471. The van der Waals surface area contributed by atoms with Gasteiger partial charge in [0.2, 0.25) is 0 Å². The lowest BCUT2D eigenvalue weighted by Crippen LogP contribution is -2.38. The van der Waals surface area contributed by atoms with Crippen molar-refractivity contribution >= 4 is 0 Å². The lowest BCUT2D eigenvalue weighted by Gasteiger charge is -2.34. The van der Waals surface area contributed by atoms with Gasteiger partial charge in [-0.2, -0.15) is 0 Å². The SMILES string of the molecule is C[C@@H]1C[C@@H](C)CN(Cc2ccnc(-c3ccncc3)n2)C1. The number of aromatic nitrogens is 3. The topological polar surface area (TPSA) is 41.9 Å². The summed E-state index contributed by atoms with van der Waals surface area (Å²) in [5.41, 5.74) is 2.12. The van der Waals surface area contributed by atoms with Crippen LogP contribution in [0, 0.1) is 11.8 Å². The quantitative estimate of drug-likeness (QED) is 0.868. The fourth-order valence-electron chi connectivity index (χ4n) is 3.27. The van der Waals surface area contributed by atoms with Crippen LogP contribution in [0.2, 0.25) is 0 Å². The van der Waals surface area contributed by atoms with Gasteiger partial charge in [0, 0.05) is 43.8 Å². The van der Waals surface area contributed by atoms with E-state index in [2.05, 4.69) is 28.7 Å². The molecular weight excluding hydrogens is 260 g/mol. The number of piperidine rings is 1. The molecule has 1 aliphatic rings. The summed E-state index contributed by atoms with van der Waals surface area (Å²) < 4.78 is 0. The Labute approximate surface area is 126 Å². The first-order chi connectivity index (χ1) is 10.2. The van der Waals surface area contributed by atoms with E-state index < -0.39 is 0 Å². The van der Waals surface area contributed by atoms with Crippen LogP contribution in [-0.2, 0) is 6.54 Å². The van der Waals surface area contributed by atoms with Gasteiger partial charge in [-0.15, -0.1) is 0 Å². The first-order valence-electron chi connectivity index (χ1n) is 7.65.